The van der Waals surface area contributed by atoms with E-state index in [4.69, 9.17) is 37.7 Å². The van der Waals surface area contributed by atoms with Gasteiger partial charge < -0.3 is 34.4 Å². The van der Waals surface area contributed by atoms with Crippen LogP contribution in [-0.4, -0.2) is 86.3 Å². The Bertz CT molecular complexity index is 1500. The quantitative estimate of drug-likeness (QED) is 0.294. The summed E-state index contributed by atoms with van der Waals surface area (Å²) in [6, 6.07) is 9.92. The number of ether oxygens (including phenoxy) is 2. The number of anilines is 4. The monoisotopic (exact) mass is 639 g/mol. The summed E-state index contributed by atoms with van der Waals surface area (Å²) >= 11 is 13.7. The standard InChI is InChI=1S/C32H39Cl2N7O3/c1-21-8-6-9-23(16-21)36-32-35-18-22-19-40(30-28(33)25(43-4)17-26(44-5)29(30)34)20-41(31(22)37-32)24-11-14-39(15-12-24)27(42)10-7-13-38(2)3/h6-10,16-18,24H,11-15,19-20H2,1-5H3,(H,35,36,37)/b10-7+. The number of nitrogens with one attached hydrogen (secondary N) is 1. The van der Waals surface area contributed by atoms with Crippen LogP contribution in [-0.2, 0) is 11.3 Å². The van der Waals surface area contributed by atoms with Gasteiger partial charge in [-0.1, -0.05) is 41.4 Å². The number of carbonyl (C=O) groups excluding carboxylic acids is 1. The number of halogens is 2. The van der Waals surface area contributed by atoms with E-state index in [0.29, 0.717) is 59.5 Å². The third-order valence-corrected chi connectivity index (χ3v) is 8.62. The minimum Gasteiger partial charge on any atom is -0.495 e. The van der Waals surface area contributed by atoms with E-state index in [-0.39, 0.29) is 11.9 Å². The van der Waals surface area contributed by atoms with E-state index >= 15 is 0 Å². The summed E-state index contributed by atoms with van der Waals surface area (Å²) in [5.41, 5.74) is 3.63. The number of hydrogen-bond acceptors (Lipinski definition) is 9. The van der Waals surface area contributed by atoms with Gasteiger partial charge in [0.05, 0.1) is 26.6 Å². The lowest BCUT2D eigenvalue weighted by molar-refractivity contribution is -0.127. The van der Waals surface area contributed by atoms with Gasteiger partial charge in [0, 0.05) is 61.8 Å². The molecule has 3 aromatic rings. The number of amides is 1. The van der Waals surface area contributed by atoms with Crippen LogP contribution in [0.4, 0.5) is 23.1 Å². The van der Waals surface area contributed by atoms with Crippen molar-refractivity contribution in [3.05, 3.63) is 69.9 Å². The molecule has 1 saturated heterocycles. The summed E-state index contributed by atoms with van der Waals surface area (Å²) < 4.78 is 11.1. The highest BCUT2D eigenvalue weighted by Crippen LogP contribution is 2.48. The maximum Gasteiger partial charge on any atom is 0.246 e. The predicted molar refractivity (Wildman–Crippen MR) is 177 cm³/mol. The number of likely N-dealkylation sites (tertiary alicyclic amines) is 1. The molecule has 2 aromatic carbocycles. The number of nitrogens with zero attached hydrogens (tertiary/aromatic N) is 6. The van der Waals surface area contributed by atoms with Crippen molar-refractivity contribution in [3.8, 4) is 11.5 Å². The molecule has 12 heteroatoms. The van der Waals surface area contributed by atoms with Gasteiger partial charge >= 0.3 is 0 Å². The van der Waals surface area contributed by atoms with Crippen molar-refractivity contribution in [1.29, 1.82) is 0 Å². The number of likely N-dealkylation sites (N-methyl/N-ethyl adjacent to an activating group) is 1. The second-order valence-corrected chi connectivity index (χ2v) is 12.1. The van der Waals surface area contributed by atoms with Crippen LogP contribution in [0.25, 0.3) is 0 Å². The Kier molecular flexibility index (Phi) is 10.0. The Morgan fingerprint density at radius 2 is 1.82 bits per heavy atom. The van der Waals surface area contributed by atoms with Crippen LogP contribution in [0.2, 0.25) is 10.0 Å². The Morgan fingerprint density at radius 1 is 1.11 bits per heavy atom. The molecule has 0 bridgehead atoms. The molecule has 0 atom stereocenters. The number of aromatic nitrogens is 2. The zero-order valence-corrected chi connectivity index (χ0v) is 27.3. The average Bonchev–Trinajstić information content (AvgIpc) is 3.01. The summed E-state index contributed by atoms with van der Waals surface area (Å²) in [5, 5.41) is 4.17. The molecule has 1 fully saturated rings. The third-order valence-electron chi connectivity index (χ3n) is 7.89. The fourth-order valence-corrected chi connectivity index (χ4v) is 6.37. The number of rotatable bonds is 9. The molecule has 0 radical (unpaired) electrons. The van der Waals surface area contributed by atoms with Crippen molar-refractivity contribution in [2.75, 3.05) is 69.7 Å². The first kappa shape index (κ1) is 31.7. The summed E-state index contributed by atoms with van der Waals surface area (Å²) in [5.74, 6) is 2.36. The van der Waals surface area contributed by atoms with Gasteiger partial charge in [-0.25, -0.2) is 4.98 Å². The van der Waals surface area contributed by atoms with E-state index in [1.165, 1.54) is 0 Å². The van der Waals surface area contributed by atoms with Crippen molar-refractivity contribution in [3.63, 3.8) is 0 Å². The highest BCUT2D eigenvalue weighted by molar-refractivity contribution is 6.41. The van der Waals surface area contributed by atoms with Gasteiger partial charge in [-0.15, -0.1) is 0 Å². The number of benzene rings is 2. The van der Waals surface area contributed by atoms with E-state index < -0.39 is 0 Å². The molecule has 3 heterocycles. The van der Waals surface area contributed by atoms with E-state index in [1.54, 1.807) is 26.4 Å². The van der Waals surface area contributed by atoms with Crippen LogP contribution in [0, 0.1) is 6.92 Å². The molecule has 1 amide bonds. The van der Waals surface area contributed by atoms with Gasteiger partial charge in [0.2, 0.25) is 11.9 Å². The topological polar surface area (TPSA) is 86.3 Å². The lowest BCUT2D eigenvalue weighted by Crippen LogP contribution is -2.52. The van der Waals surface area contributed by atoms with Crippen LogP contribution >= 0.6 is 23.2 Å². The molecule has 44 heavy (non-hydrogen) atoms. The molecule has 0 aliphatic carbocycles. The average molecular weight is 641 g/mol. The molecular weight excluding hydrogens is 601 g/mol. The molecule has 5 rings (SSSR count). The van der Waals surface area contributed by atoms with Crippen molar-refractivity contribution in [1.82, 2.24) is 19.8 Å². The zero-order valence-electron chi connectivity index (χ0n) is 25.8. The predicted octanol–water partition coefficient (Wildman–Crippen LogP) is 5.75. The minimum atomic E-state index is 0.0416. The first-order valence-electron chi connectivity index (χ1n) is 14.6. The van der Waals surface area contributed by atoms with Crippen LogP contribution in [0.5, 0.6) is 11.5 Å². The highest BCUT2D eigenvalue weighted by Gasteiger charge is 2.35. The number of carbonyl (C=O) groups is 1. The molecular formula is C32H39Cl2N7O3. The second kappa shape index (κ2) is 13.9. The molecule has 0 unspecified atom stereocenters. The smallest absolute Gasteiger partial charge is 0.246 e. The normalized spacial score (nSPS) is 15.6. The van der Waals surface area contributed by atoms with Crippen LogP contribution in [0.1, 0.15) is 24.0 Å². The summed E-state index contributed by atoms with van der Waals surface area (Å²) in [7, 11) is 7.09. The largest absolute Gasteiger partial charge is 0.495 e. The van der Waals surface area contributed by atoms with Gasteiger partial charge in [-0.05, 0) is 51.6 Å². The van der Waals surface area contributed by atoms with Gasteiger partial charge in [0.1, 0.15) is 27.4 Å². The lowest BCUT2D eigenvalue weighted by Gasteiger charge is -2.45. The SMILES string of the molecule is COc1cc(OC)c(Cl)c(N2Cc3cnc(Nc4cccc(C)c4)nc3N(C3CCN(C(=O)/C=C/CN(C)C)CC3)C2)c1Cl. The van der Waals surface area contributed by atoms with Gasteiger partial charge in [-0.3, -0.25) is 4.79 Å². The van der Waals surface area contributed by atoms with Crippen LogP contribution in [0.15, 0.2) is 48.7 Å². The summed E-state index contributed by atoms with van der Waals surface area (Å²) in [6.45, 7) is 5.03. The maximum absolute atomic E-state index is 12.9. The van der Waals surface area contributed by atoms with Crippen molar-refractivity contribution in [2.24, 2.45) is 0 Å². The van der Waals surface area contributed by atoms with E-state index in [1.807, 2.05) is 61.3 Å². The third kappa shape index (κ3) is 6.98. The number of piperidine rings is 1. The molecule has 1 N–H and O–H groups in total. The number of aryl methyl sites for hydroxylation is 1. The first-order valence-corrected chi connectivity index (χ1v) is 15.4. The maximum atomic E-state index is 12.9. The molecule has 10 nitrogen and oxygen atoms in total. The van der Waals surface area contributed by atoms with Gasteiger partial charge in [0.25, 0.3) is 0 Å². The van der Waals surface area contributed by atoms with Crippen LogP contribution in [0.3, 0.4) is 0 Å². The lowest BCUT2D eigenvalue weighted by atomic mass is 10.0. The summed E-state index contributed by atoms with van der Waals surface area (Å²) in [6.07, 6.45) is 7.01. The fraction of sp³-hybridized carbons (Fsp3) is 0.406. The van der Waals surface area contributed by atoms with Crippen molar-refractivity contribution >= 4 is 52.3 Å². The second-order valence-electron chi connectivity index (χ2n) is 11.3. The Hall–Kier alpha value is -3.73. The molecule has 1 aromatic heterocycles. The van der Waals surface area contributed by atoms with E-state index in [0.717, 1.165) is 42.0 Å². The number of fused-ring (bicyclic) bond motifs is 1. The van der Waals surface area contributed by atoms with Gasteiger partial charge in [-0.2, -0.15) is 4.98 Å². The molecule has 0 saturated carbocycles. The zero-order chi connectivity index (χ0) is 31.4. The van der Waals surface area contributed by atoms with E-state index in [9.17, 15) is 4.79 Å². The summed E-state index contributed by atoms with van der Waals surface area (Å²) in [4.78, 5) is 30.8. The molecule has 2 aliphatic heterocycles. The van der Waals surface area contributed by atoms with Crippen molar-refractivity contribution < 1.29 is 14.3 Å². The molecule has 2 aliphatic rings. The highest BCUT2D eigenvalue weighted by atomic mass is 35.5. The Morgan fingerprint density at radius 3 is 2.45 bits per heavy atom. The van der Waals surface area contributed by atoms with E-state index in [2.05, 4.69) is 26.2 Å². The molecule has 0 spiro atoms. The van der Waals surface area contributed by atoms with Crippen LogP contribution < -0.4 is 24.6 Å². The van der Waals surface area contributed by atoms with Crippen molar-refractivity contribution in [2.45, 2.75) is 32.4 Å². The fourth-order valence-electron chi connectivity index (χ4n) is 5.63. The first-order chi connectivity index (χ1) is 21.2. The number of methoxy groups -OCH3 is 2. The molecule has 234 valence electrons. The Labute approximate surface area is 269 Å². The Balaban J connectivity index is 1.46. The van der Waals surface area contributed by atoms with Gasteiger partial charge in [0.15, 0.2) is 0 Å². The minimum absolute atomic E-state index is 0.0416. The number of hydrogen-bond donors (Lipinski definition) is 1.